The molecule has 2 aromatic carbocycles. The molecule has 0 spiro atoms. The highest BCUT2D eigenvalue weighted by Crippen LogP contribution is 2.16. The highest BCUT2D eigenvalue weighted by molar-refractivity contribution is 6.30. The smallest absolute Gasteiger partial charge is 0.259 e. The topological polar surface area (TPSA) is 53.5 Å². The predicted molar refractivity (Wildman–Crippen MR) is 111 cm³/mol. The van der Waals surface area contributed by atoms with Crippen LogP contribution < -0.4 is 10.7 Å². The van der Waals surface area contributed by atoms with Crippen molar-refractivity contribution in [1.82, 2.24) is 5.43 Å². The van der Waals surface area contributed by atoms with Gasteiger partial charge in [-0.3, -0.25) is 4.79 Å². The van der Waals surface area contributed by atoms with Gasteiger partial charge in [-0.2, -0.15) is 5.10 Å². The van der Waals surface area contributed by atoms with E-state index in [9.17, 15) is 4.79 Å². The minimum atomic E-state index is -0.217. The summed E-state index contributed by atoms with van der Waals surface area (Å²) in [7, 11) is 0. The van der Waals surface area contributed by atoms with Gasteiger partial charge in [-0.1, -0.05) is 55.8 Å². The van der Waals surface area contributed by atoms with Crippen LogP contribution in [0.4, 0.5) is 5.69 Å². The van der Waals surface area contributed by atoms with Crippen LogP contribution in [0.3, 0.4) is 0 Å². The zero-order valence-corrected chi connectivity index (χ0v) is 16.0. The van der Waals surface area contributed by atoms with E-state index in [4.69, 9.17) is 11.6 Å². The fraction of sp³-hybridized carbons (Fsp3) is 0.238. The maximum absolute atomic E-state index is 11.8. The average Bonchev–Trinajstić information content (AvgIpc) is 2.61. The van der Waals surface area contributed by atoms with Crippen LogP contribution in [0, 0.1) is 0 Å². The van der Waals surface area contributed by atoms with Gasteiger partial charge in [0.25, 0.3) is 5.91 Å². The number of hydrogen-bond donors (Lipinski definition) is 2. The van der Waals surface area contributed by atoms with Gasteiger partial charge in [0, 0.05) is 10.7 Å². The fourth-order valence-corrected chi connectivity index (χ4v) is 2.40. The molecule has 26 heavy (non-hydrogen) atoms. The number of allylic oxidation sites excluding steroid dienone is 1. The molecule has 0 heterocycles. The largest absolute Gasteiger partial charge is 0.376 e. The van der Waals surface area contributed by atoms with Gasteiger partial charge < -0.3 is 5.32 Å². The Morgan fingerprint density at radius 2 is 1.77 bits per heavy atom. The lowest BCUT2D eigenvalue weighted by molar-refractivity contribution is -0.119. The van der Waals surface area contributed by atoms with E-state index < -0.39 is 0 Å². The molecule has 2 N–H and O–H groups in total. The molecule has 2 aromatic rings. The summed E-state index contributed by atoms with van der Waals surface area (Å²) < 4.78 is 0. The lowest BCUT2D eigenvalue weighted by Crippen LogP contribution is -2.25. The lowest BCUT2D eigenvalue weighted by Gasteiger charge is -2.05. The highest BCUT2D eigenvalue weighted by atomic mass is 35.5. The molecule has 0 aliphatic heterocycles. The van der Waals surface area contributed by atoms with Crippen molar-refractivity contribution in [3.8, 4) is 0 Å². The Balaban J connectivity index is 1.80. The second kappa shape index (κ2) is 9.78. The number of rotatable bonds is 7. The SMILES string of the molecule is CC(C=NNC(=O)CNc1ccc(Cl)cc1)=Cc1ccc(C(C)C)cc1. The summed E-state index contributed by atoms with van der Waals surface area (Å²) in [5.74, 6) is 0.303. The van der Waals surface area contributed by atoms with Crippen LogP contribution in [-0.2, 0) is 4.79 Å². The van der Waals surface area contributed by atoms with Crippen molar-refractivity contribution >= 4 is 35.5 Å². The van der Waals surface area contributed by atoms with Gasteiger partial charge in [-0.25, -0.2) is 5.43 Å². The molecule has 0 saturated heterocycles. The number of hydrazone groups is 1. The number of halogens is 1. The molecule has 1 amide bonds. The van der Waals surface area contributed by atoms with E-state index in [1.54, 1.807) is 18.3 Å². The van der Waals surface area contributed by atoms with E-state index in [2.05, 4.69) is 54.0 Å². The van der Waals surface area contributed by atoms with Crippen molar-refractivity contribution in [2.45, 2.75) is 26.7 Å². The molecular formula is C21H24ClN3O. The third kappa shape index (κ3) is 6.73. The van der Waals surface area contributed by atoms with E-state index in [1.807, 2.05) is 25.1 Å². The van der Waals surface area contributed by atoms with Crippen LogP contribution >= 0.6 is 11.6 Å². The molecule has 0 aliphatic carbocycles. The number of benzene rings is 2. The van der Waals surface area contributed by atoms with Gasteiger partial charge in [0.15, 0.2) is 0 Å². The number of nitrogens with one attached hydrogen (secondary N) is 2. The van der Waals surface area contributed by atoms with Crippen molar-refractivity contribution in [3.05, 3.63) is 70.3 Å². The van der Waals surface area contributed by atoms with Gasteiger partial charge in [0.1, 0.15) is 0 Å². The van der Waals surface area contributed by atoms with Crippen LogP contribution in [0.2, 0.25) is 5.02 Å². The van der Waals surface area contributed by atoms with Crippen molar-refractivity contribution in [3.63, 3.8) is 0 Å². The second-order valence-corrected chi connectivity index (χ2v) is 6.80. The maximum atomic E-state index is 11.8. The van der Waals surface area contributed by atoms with Gasteiger partial charge in [0.2, 0.25) is 0 Å². The van der Waals surface area contributed by atoms with Crippen LogP contribution in [0.5, 0.6) is 0 Å². The first-order valence-corrected chi connectivity index (χ1v) is 8.91. The van der Waals surface area contributed by atoms with E-state index >= 15 is 0 Å². The summed E-state index contributed by atoms with van der Waals surface area (Å²) in [6.45, 7) is 6.43. The summed E-state index contributed by atoms with van der Waals surface area (Å²) in [4.78, 5) is 11.8. The van der Waals surface area contributed by atoms with Gasteiger partial charge in [0.05, 0.1) is 12.8 Å². The third-order valence-electron chi connectivity index (χ3n) is 3.75. The summed E-state index contributed by atoms with van der Waals surface area (Å²) in [5, 5.41) is 7.65. The van der Waals surface area contributed by atoms with Crippen LogP contribution in [-0.4, -0.2) is 18.7 Å². The maximum Gasteiger partial charge on any atom is 0.259 e. The first kappa shape index (κ1) is 19.7. The molecule has 4 nitrogen and oxygen atoms in total. The standard InChI is InChI=1S/C21H24ClN3O/c1-15(2)18-6-4-17(5-7-18)12-16(3)13-24-25-21(26)14-23-20-10-8-19(22)9-11-20/h4-13,15,23H,14H2,1-3H3,(H,25,26). The minimum Gasteiger partial charge on any atom is -0.376 e. The molecule has 0 atom stereocenters. The molecular weight excluding hydrogens is 346 g/mol. The van der Waals surface area contributed by atoms with Gasteiger partial charge >= 0.3 is 0 Å². The number of amides is 1. The molecule has 2 rings (SSSR count). The minimum absolute atomic E-state index is 0.137. The van der Waals surface area contributed by atoms with Crippen molar-refractivity contribution < 1.29 is 4.79 Å². The zero-order chi connectivity index (χ0) is 18.9. The van der Waals surface area contributed by atoms with Gasteiger partial charge in [-0.15, -0.1) is 0 Å². The summed E-state index contributed by atoms with van der Waals surface area (Å²) in [6.07, 6.45) is 3.66. The number of anilines is 1. The molecule has 0 bridgehead atoms. The molecule has 136 valence electrons. The molecule has 0 unspecified atom stereocenters. The first-order chi connectivity index (χ1) is 12.4. The third-order valence-corrected chi connectivity index (χ3v) is 4.00. The molecule has 0 fully saturated rings. The second-order valence-electron chi connectivity index (χ2n) is 6.36. The van der Waals surface area contributed by atoms with E-state index in [0.717, 1.165) is 16.8 Å². The number of carbonyl (C=O) groups is 1. The fourth-order valence-electron chi connectivity index (χ4n) is 2.27. The Kier molecular flexibility index (Phi) is 7.42. The van der Waals surface area contributed by atoms with E-state index in [-0.39, 0.29) is 12.5 Å². The monoisotopic (exact) mass is 369 g/mol. The Morgan fingerprint density at radius 1 is 1.12 bits per heavy atom. The zero-order valence-electron chi connectivity index (χ0n) is 15.3. The summed E-state index contributed by atoms with van der Waals surface area (Å²) >= 11 is 5.82. The summed E-state index contributed by atoms with van der Waals surface area (Å²) in [6, 6.07) is 15.6. The number of nitrogens with zero attached hydrogens (tertiary/aromatic N) is 1. The number of hydrogen-bond acceptors (Lipinski definition) is 3. The quantitative estimate of drug-likeness (QED) is 0.528. The molecule has 0 aromatic heterocycles. The van der Waals surface area contributed by atoms with Crippen molar-refractivity contribution in [1.29, 1.82) is 0 Å². The average molecular weight is 370 g/mol. The highest BCUT2D eigenvalue weighted by Gasteiger charge is 2.00. The molecule has 5 heteroatoms. The van der Waals surface area contributed by atoms with Crippen molar-refractivity contribution in [2.24, 2.45) is 5.10 Å². The van der Waals surface area contributed by atoms with Gasteiger partial charge in [-0.05, 0) is 53.8 Å². The van der Waals surface area contributed by atoms with Crippen LogP contribution in [0.1, 0.15) is 37.8 Å². The molecule has 0 aliphatic rings. The van der Waals surface area contributed by atoms with Crippen molar-refractivity contribution in [2.75, 3.05) is 11.9 Å². The normalized spacial score (nSPS) is 11.8. The lowest BCUT2D eigenvalue weighted by atomic mass is 10.0. The Morgan fingerprint density at radius 3 is 2.38 bits per heavy atom. The van der Waals surface area contributed by atoms with E-state index in [0.29, 0.717) is 10.9 Å². The Hall–Kier alpha value is -2.59. The number of carbonyl (C=O) groups excluding carboxylic acids is 1. The van der Waals surface area contributed by atoms with Crippen LogP contribution in [0.15, 0.2) is 59.2 Å². The summed E-state index contributed by atoms with van der Waals surface area (Å²) in [5.41, 5.74) is 6.71. The van der Waals surface area contributed by atoms with Crippen LogP contribution in [0.25, 0.3) is 6.08 Å². The first-order valence-electron chi connectivity index (χ1n) is 8.53. The molecule has 0 saturated carbocycles. The predicted octanol–water partition coefficient (Wildman–Crippen LogP) is 5.08. The Labute approximate surface area is 160 Å². The van der Waals surface area contributed by atoms with E-state index in [1.165, 1.54) is 5.56 Å². The molecule has 0 radical (unpaired) electrons. The Bertz CT molecular complexity index is 778.